The van der Waals surface area contributed by atoms with Crippen LogP contribution in [0.1, 0.15) is 351 Å². The summed E-state index contributed by atoms with van der Waals surface area (Å²) in [5.41, 5.74) is 0. The van der Waals surface area contributed by atoms with Crippen LogP contribution in [0.15, 0.2) is 0 Å². The predicted octanol–water partition coefficient (Wildman–Crippen LogP) is 20.1. The number of rotatable bonds is 68. The predicted molar refractivity (Wildman–Crippen MR) is 363 cm³/mol. The van der Waals surface area contributed by atoms with Crippen molar-refractivity contribution >= 4 is 39.5 Å². The summed E-state index contributed by atoms with van der Waals surface area (Å²) < 4.78 is 68.3. The summed E-state index contributed by atoms with van der Waals surface area (Å²) in [7, 11) is -9.90. The molecule has 0 amide bonds. The van der Waals surface area contributed by atoms with Gasteiger partial charge in [0.2, 0.25) is 0 Å². The van der Waals surface area contributed by atoms with Gasteiger partial charge >= 0.3 is 39.5 Å². The highest BCUT2D eigenvalue weighted by molar-refractivity contribution is 7.47. The lowest BCUT2D eigenvalue weighted by Gasteiger charge is -2.21. The third kappa shape index (κ3) is 62.2. The molecule has 0 radical (unpaired) electrons. The molecule has 17 nitrogen and oxygen atoms in total. The molecule has 0 aromatic carbocycles. The molecule has 0 saturated carbocycles. The Kier molecular flexibility index (Phi) is 59.4. The van der Waals surface area contributed by atoms with Gasteiger partial charge in [-0.2, -0.15) is 0 Å². The third-order valence-electron chi connectivity index (χ3n) is 17.0. The van der Waals surface area contributed by atoms with Crippen LogP contribution in [0.2, 0.25) is 0 Å². The van der Waals surface area contributed by atoms with Crippen LogP contribution in [0.4, 0.5) is 0 Å². The number of carbonyl (C=O) groups excluding carboxylic acids is 4. The maximum absolute atomic E-state index is 13.0. The Morgan fingerprint density at radius 1 is 0.311 bits per heavy atom. The van der Waals surface area contributed by atoms with Crippen molar-refractivity contribution in [2.75, 3.05) is 39.6 Å². The van der Waals surface area contributed by atoms with Crippen molar-refractivity contribution in [3.63, 3.8) is 0 Å². The lowest BCUT2D eigenvalue weighted by molar-refractivity contribution is -0.161. The van der Waals surface area contributed by atoms with E-state index in [2.05, 4.69) is 55.4 Å². The third-order valence-corrected chi connectivity index (χ3v) is 18.9. The molecule has 19 heteroatoms. The monoisotopic (exact) mass is 1320 g/mol. The molecular weight excluding hydrogens is 1190 g/mol. The summed E-state index contributed by atoms with van der Waals surface area (Å²) in [5.74, 6) is 0.870. The van der Waals surface area contributed by atoms with Crippen LogP contribution in [0.5, 0.6) is 0 Å². The van der Waals surface area contributed by atoms with E-state index in [1.54, 1.807) is 0 Å². The largest absolute Gasteiger partial charge is 0.472 e. The van der Waals surface area contributed by atoms with Crippen LogP contribution in [0.25, 0.3) is 0 Å². The molecule has 0 fully saturated rings. The summed E-state index contributed by atoms with van der Waals surface area (Å²) in [4.78, 5) is 72.5. The van der Waals surface area contributed by atoms with E-state index in [0.29, 0.717) is 25.7 Å². The summed E-state index contributed by atoms with van der Waals surface area (Å²) >= 11 is 0. The Labute approximate surface area is 549 Å². The quantitative estimate of drug-likeness (QED) is 0.0222. The zero-order valence-electron chi connectivity index (χ0n) is 58.8. The lowest BCUT2D eigenvalue weighted by atomic mass is 10.00. The fourth-order valence-electron chi connectivity index (χ4n) is 10.6. The maximum atomic E-state index is 13.0. The molecule has 0 bridgehead atoms. The molecule has 0 heterocycles. The Morgan fingerprint density at radius 3 is 0.789 bits per heavy atom. The topological polar surface area (TPSA) is 237 Å². The molecule has 3 N–H and O–H groups in total. The van der Waals surface area contributed by atoms with E-state index >= 15 is 0 Å². The van der Waals surface area contributed by atoms with Crippen molar-refractivity contribution in [2.45, 2.75) is 369 Å². The number of hydrogen-bond acceptors (Lipinski definition) is 15. The van der Waals surface area contributed by atoms with Gasteiger partial charge in [0.15, 0.2) is 12.2 Å². The van der Waals surface area contributed by atoms with Crippen LogP contribution < -0.4 is 0 Å². The minimum Gasteiger partial charge on any atom is -0.462 e. The molecule has 0 spiro atoms. The van der Waals surface area contributed by atoms with Gasteiger partial charge in [0.25, 0.3) is 0 Å². The van der Waals surface area contributed by atoms with Crippen LogP contribution in [-0.4, -0.2) is 96.7 Å². The van der Waals surface area contributed by atoms with E-state index in [1.807, 2.05) is 0 Å². The number of ether oxygens (including phenoxy) is 4. The highest BCUT2D eigenvalue weighted by Gasteiger charge is 2.30. The van der Waals surface area contributed by atoms with E-state index in [9.17, 15) is 43.2 Å². The second-order valence-corrected chi connectivity index (χ2v) is 30.0. The number of aliphatic hydroxyl groups excluding tert-OH is 1. The van der Waals surface area contributed by atoms with Gasteiger partial charge in [-0.1, -0.05) is 299 Å². The highest BCUT2D eigenvalue weighted by Crippen LogP contribution is 2.45. The molecular formula is C71H138O17P2. The molecule has 534 valence electrons. The average Bonchev–Trinajstić information content (AvgIpc) is 3.66. The molecule has 0 aliphatic carbocycles. The van der Waals surface area contributed by atoms with E-state index in [4.69, 9.17) is 37.0 Å². The van der Waals surface area contributed by atoms with Crippen molar-refractivity contribution in [3.8, 4) is 0 Å². The van der Waals surface area contributed by atoms with Crippen molar-refractivity contribution in [2.24, 2.45) is 23.7 Å². The SMILES string of the molecule is CCC(C)CCCCCCCCC(=O)OC[C@H](COP(=O)(O)OC[C@H](O)COP(=O)(O)OC[C@@H](COC(=O)CCCCCCCCC(C)CC)OC(=O)CCCCCCCCCCCC(C)C)OC(=O)CCCCCCCCCCCCCCCCCC(C)C. The fraction of sp³-hybridized carbons (Fsp3) is 0.944. The minimum absolute atomic E-state index is 0.104. The standard InChI is InChI=1S/C71H138O17P2/c1-9-63(7)49-41-33-27-29-35-43-51-68(73)81-57-66(87-70(75)53-45-37-25-21-17-15-13-11-12-14-16-19-23-31-39-47-61(3)4)59-85-89(77,78)83-55-65(72)56-84-90(79,80)86-60-67(58-82-69(74)52-44-36-30-28-34-42-50-64(8)10-2)88-71(76)54-46-38-26-22-18-20-24-32-40-48-62(5)6/h61-67,72H,9-60H2,1-8H3,(H,77,78)(H,79,80)/t63?,64?,65-,66+,67+/m0/s1. The van der Waals surface area contributed by atoms with Gasteiger partial charge in [0, 0.05) is 25.7 Å². The van der Waals surface area contributed by atoms with Gasteiger partial charge in [0.05, 0.1) is 26.4 Å². The molecule has 0 saturated heterocycles. The number of carbonyl (C=O) groups is 4. The molecule has 90 heavy (non-hydrogen) atoms. The molecule has 7 atom stereocenters. The summed E-state index contributed by atoms with van der Waals surface area (Å²) in [6.45, 7) is 14.1. The van der Waals surface area contributed by atoms with Crippen LogP contribution in [-0.2, 0) is 65.4 Å². The van der Waals surface area contributed by atoms with E-state index in [-0.39, 0.29) is 25.7 Å². The first-order chi connectivity index (χ1) is 43.2. The van der Waals surface area contributed by atoms with Gasteiger partial charge in [-0.25, -0.2) is 9.13 Å². The number of hydrogen-bond donors (Lipinski definition) is 3. The zero-order chi connectivity index (χ0) is 66.8. The Balaban J connectivity index is 5.23. The number of unbranched alkanes of at least 4 members (excludes halogenated alkanes) is 32. The zero-order valence-corrected chi connectivity index (χ0v) is 60.6. The van der Waals surface area contributed by atoms with Gasteiger partial charge in [-0.3, -0.25) is 37.3 Å². The van der Waals surface area contributed by atoms with Crippen molar-refractivity contribution in [1.82, 2.24) is 0 Å². The highest BCUT2D eigenvalue weighted by atomic mass is 31.2. The fourth-order valence-corrected chi connectivity index (χ4v) is 12.2. The van der Waals surface area contributed by atoms with E-state index in [0.717, 1.165) is 126 Å². The minimum atomic E-state index is -4.95. The van der Waals surface area contributed by atoms with Crippen LogP contribution in [0, 0.1) is 23.7 Å². The molecule has 0 aromatic heterocycles. The Hall–Kier alpha value is -1.94. The smallest absolute Gasteiger partial charge is 0.462 e. The number of esters is 4. The average molecular weight is 1330 g/mol. The Morgan fingerprint density at radius 2 is 0.533 bits per heavy atom. The number of aliphatic hydroxyl groups is 1. The first-order valence-electron chi connectivity index (χ1n) is 36.8. The van der Waals surface area contributed by atoms with Crippen molar-refractivity contribution in [1.29, 1.82) is 0 Å². The van der Waals surface area contributed by atoms with Crippen LogP contribution >= 0.6 is 15.6 Å². The lowest BCUT2D eigenvalue weighted by Crippen LogP contribution is -2.30. The van der Waals surface area contributed by atoms with Gasteiger partial charge in [-0.05, 0) is 49.4 Å². The first kappa shape index (κ1) is 88.1. The van der Waals surface area contributed by atoms with Crippen LogP contribution in [0.3, 0.4) is 0 Å². The number of phosphoric acid groups is 2. The van der Waals surface area contributed by atoms with Crippen molar-refractivity contribution in [3.05, 3.63) is 0 Å². The Bertz CT molecular complexity index is 1790. The number of phosphoric ester groups is 2. The molecule has 0 aliphatic rings. The first-order valence-corrected chi connectivity index (χ1v) is 39.8. The molecule has 4 unspecified atom stereocenters. The normalized spacial score (nSPS) is 14.9. The molecule has 0 rings (SSSR count). The van der Waals surface area contributed by atoms with Gasteiger partial charge in [0.1, 0.15) is 19.3 Å². The molecule has 0 aromatic rings. The maximum Gasteiger partial charge on any atom is 0.472 e. The summed E-state index contributed by atoms with van der Waals surface area (Å²) in [6, 6.07) is 0. The molecule has 0 aliphatic heterocycles. The van der Waals surface area contributed by atoms with E-state index < -0.39 is 97.5 Å². The van der Waals surface area contributed by atoms with Crippen molar-refractivity contribution < 1.29 is 80.2 Å². The summed E-state index contributed by atoms with van der Waals surface area (Å²) in [6.07, 6.45) is 43.2. The second-order valence-electron chi connectivity index (χ2n) is 27.1. The van der Waals surface area contributed by atoms with E-state index in [1.165, 1.54) is 141 Å². The second kappa shape index (κ2) is 60.7. The summed E-state index contributed by atoms with van der Waals surface area (Å²) in [5, 5.41) is 10.6. The van der Waals surface area contributed by atoms with Gasteiger partial charge < -0.3 is 33.8 Å². The van der Waals surface area contributed by atoms with Gasteiger partial charge in [-0.15, -0.1) is 0 Å².